The van der Waals surface area contributed by atoms with Crippen molar-refractivity contribution in [3.05, 3.63) is 65.2 Å². The Morgan fingerprint density at radius 2 is 1.78 bits per heavy atom. The molecule has 0 spiro atoms. The van der Waals surface area contributed by atoms with Gasteiger partial charge in [0, 0.05) is 11.1 Å². The molecule has 0 unspecified atom stereocenters. The number of hydrogen-bond donors (Lipinski definition) is 1. The van der Waals surface area contributed by atoms with E-state index in [0.717, 1.165) is 11.1 Å². The number of carbonyl (C=O) groups excluding carboxylic acids is 1. The van der Waals surface area contributed by atoms with Crippen LogP contribution in [-0.2, 0) is 0 Å². The molecule has 1 heterocycles. The van der Waals surface area contributed by atoms with E-state index in [2.05, 4.69) is 15.5 Å². The van der Waals surface area contributed by atoms with Crippen molar-refractivity contribution in [3.8, 4) is 17.5 Å². The smallest absolute Gasteiger partial charge is 0.322 e. The van der Waals surface area contributed by atoms with Crippen molar-refractivity contribution in [2.24, 2.45) is 0 Å². The number of amides is 1. The van der Waals surface area contributed by atoms with Gasteiger partial charge in [-0.1, -0.05) is 22.8 Å². The van der Waals surface area contributed by atoms with E-state index in [9.17, 15) is 4.79 Å². The number of nitrogens with zero attached hydrogens (tertiary/aromatic N) is 3. The number of hydrogen-bond acceptors (Lipinski definition) is 5. The molecule has 6 nitrogen and oxygen atoms in total. The van der Waals surface area contributed by atoms with Gasteiger partial charge < -0.3 is 4.42 Å². The molecule has 0 aliphatic carbocycles. The molecule has 112 valence electrons. The SMILES string of the molecule is Cc1ccc(-c2nnc(NC(=O)c3ccc(C#N)cc3)o2)cc1. The summed E-state index contributed by atoms with van der Waals surface area (Å²) in [6, 6.07) is 15.9. The average Bonchev–Trinajstić information content (AvgIpc) is 3.04. The summed E-state index contributed by atoms with van der Waals surface area (Å²) in [6.45, 7) is 1.99. The van der Waals surface area contributed by atoms with Crippen LogP contribution in [0.5, 0.6) is 0 Å². The first-order valence-electron chi connectivity index (χ1n) is 6.88. The third-order valence-electron chi connectivity index (χ3n) is 3.22. The second-order valence-electron chi connectivity index (χ2n) is 4.92. The van der Waals surface area contributed by atoms with E-state index in [1.807, 2.05) is 37.3 Å². The Balaban J connectivity index is 1.74. The summed E-state index contributed by atoms with van der Waals surface area (Å²) in [4.78, 5) is 12.1. The van der Waals surface area contributed by atoms with E-state index in [-0.39, 0.29) is 11.9 Å². The number of rotatable bonds is 3. The van der Waals surface area contributed by atoms with Gasteiger partial charge in [0.1, 0.15) is 0 Å². The van der Waals surface area contributed by atoms with E-state index in [4.69, 9.17) is 9.68 Å². The molecule has 1 aromatic heterocycles. The quantitative estimate of drug-likeness (QED) is 0.802. The Bertz CT molecular complexity index is 874. The molecule has 0 aliphatic heterocycles. The van der Waals surface area contributed by atoms with Crippen LogP contribution in [0.2, 0.25) is 0 Å². The molecule has 0 atom stereocenters. The summed E-state index contributed by atoms with van der Waals surface area (Å²) in [7, 11) is 0. The van der Waals surface area contributed by atoms with Crippen molar-refractivity contribution in [2.75, 3.05) is 5.32 Å². The van der Waals surface area contributed by atoms with Crippen LogP contribution in [0.15, 0.2) is 52.9 Å². The Morgan fingerprint density at radius 3 is 2.43 bits per heavy atom. The summed E-state index contributed by atoms with van der Waals surface area (Å²) in [5, 5.41) is 19.0. The van der Waals surface area contributed by atoms with Crippen molar-refractivity contribution >= 4 is 11.9 Å². The summed E-state index contributed by atoms with van der Waals surface area (Å²) < 4.78 is 5.44. The number of benzene rings is 2. The van der Waals surface area contributed by atoms with Crippen LogP contribution < -0.4 is 5.32 Å². The Kier molecular flexibility index (Phi) is 3.85. The van der Waals surface area contributed by atoms with Crippen LogP contribution in [-0.4, -0.2) is 16.1 Å². The third-order valence-corrected chi connectivity index (χ3v) is 3.22. The molecule has 1 N–H and O–H groups in total. The molecular formula is C17H12N4O2. The molecule has 0 aliphatic rings. The van der Waals surface area contributed by atoms with Crippen molar-refractivity contribution in [1.29, 1.82) is 5.26 Å². The molecule has 3 rings (SSSR count). The Hall–Kier alpha value is -3.46. The van der Waals surface area contributed by atoms with Crippen LogP contribution >= 0.6 is 0 Å². The van der Waals surface area contributed by atoms with E-state index in [0.29, 0.717) is 17.0 Å². The number of nitrogens with one attached hydrogen (secondary N) is 1. The fourth-order valence-electron chi connectivity index (χ4n) is 1.95. The minimum absolute atomic E-state index is 0.0231. The van der Waals surface area contributed by atoms with E-state index in [1.165, 1.54) is 0 Å². The standard InChI is InChI=1S/C17H12N4O2/c1-11-2-6-14(7-3-11)16-20-21-17(23-16)19-15(22)13-8-4-12(10-18)5-9-13/h2-9H,1H3,(H,19,21,22). The largest absolute Gasteiger partial charge is 0.403 e. The first-order valence-corrected chi connectivity index (χ1v) is 6.88. The highest BCUT2D eigenvalue weighted by molar-refractivity contribution is 6.03. The van der Waals surface area contributed by atoms with Crippen LogP contribution in [0, 0.1) is 18.3 Å². The zero-order valence-corrected chi connectivity index (χ0v) is 12.3. The summed E-state index contributed by atoms with van der Waals surface area (Å²) in [5.41, 5.74) is 2.80. The van der Waals surface area contributed by atoms with E-state index < -0.39 is 0 Å². The van der Waals surface area contributed by atoms with Crippen LogP contribution in [0.3, 0.4) is 0 Å². The summed E-state index contributed by atoms with van der Waals surface area (Å²) >= 11 is 0. The molecule has 23 heavy (non-hydrogen) atoms. The number of carbonyl (C=O) groups is 1. The van der Waals surface area contributed by atoms with Gasteiger partial charge in [0.2, 0.25) is 5.89 Å². The normalized spacial score (nSPS) is 10.1. The number of nitriles is 1. The molecular weight excluding hydrogens is 292 g/mol. The van der Waals surface area contributed by atoms with Gasteiger partial charge in [-0.05, 0) is 43.3 Å². The predicted octanol–water partition coefficient (Wildman–Crippen LogP) is 3.17. The second kappa shape index (κ2) is 6.12. The fourth-order valence-corrected chi connectivity index (χ4v) is 1.95. The summed E-state index contributed by atoms with van der Waals surface area (Å²) in [5.74, 6) is -0.0475. The Morgan fingerprint density at radius 1 is 1.09 bits per heavy atom. The molecule has 0 bridgehead atoms. The van der Waals surface area contributed by atoms with Crippen molar-refractivity contribution in [3.63, 3.8) is 0 Å². The lowest BCUT2D eigenvalue weighted by molar-refractivity contribution is 0.102. The molecule has 2 aromatic carbocycles. The highest BCUT2D eigenvalue weighted by atomic mass is 16.4. The maximum absolute atomic E-state index is 12.1. The van der Waals surface area contributed by atoms with Gasteiger partial charge in [-0.15, -0.1) is 5.10 Å². The van der Waals surface area contributed by atoms with Gasteiger partial charge in [0.25, 0.3) is 5.91 Å². The molecule has 0 saturated heterocycles. The number of aryl methyl sites for hydroxylation is 1. The minimum Gasteiger partial charge on any atom is -0.403 e. The van der Waals surface area contributed by atoms with Gasteiger partial charge in [0.15, 0.2) is 0 Å². The zero-order chi connectivity index (χ0) is 16.2. The average molecular weight is 304 g/mol. The number of anilines is 1. The van der Waals surface area contributed by atoms with Crippen molar-refractivity contribution in [1.82, 2.24) is 10.2 Å². The van der Waals surface area contributed by atoms with Crippen molar-refractivity contribution in [2.45, 2.75) is 6.92 Å². The number of aromatic nitrogens is 2. The van der Waals surface area contributed by atoms with Gasteiger partial charge in [-0.25, -0.2) is 0 Å². The summed E-state index contributed by atoms with van der Waals surface area (Å²) in [6.07, 6.45) is 0. The second-order valence-corrected chi connectivity index (χ2v) is 4.92. The molecule has 1 amide bonds. The maximum atomic E-state index is 12.1. The lowest BCUT2D eigenvalue weighted by atomic mass is 10.1. The molecule has 0 saturated carbocycles. The monoisotopic (exact) mass is 304 g/mol. The lowest BCUT2D eigenvalue weighted by Gasteiger charge is -2.00. The minimum atomic E-state index is -0.381. The van der Waals surface area contributed by atoms with Gasteiger partial charge in [-0.2, -0.15) is 5.26 Å². The van der Waals surface area contributed by atoms with Gasteiger partial charge >= 0.3 is 6.01 Å². The first-order chi connectivity index (χ1) is 11.2. The highest BCUT2D eigenvalue weighted by Gasteiger charge is 2.12. The molecule has 6 heteroatoms. The fraction of sp³-hybridized carbons (Fsp3) is 0.0588. The van der Waals surface area contributed by atoms with Gasteiger partial charge in [0.05, 0.1) is 11.6 Å². The van der Waals surface area contributed by atoms with Crippen LogP contribution in [0.25, 0.3) is 11.5 Å². The molecule has 0 fully saturated rings. The third kappa shape index (κ3) is 3.24. The highest BCUT2D eigenvalue weighted by Crippen LogP contribution is 2.20. The van der Waals surface area contributed by atoms with Crippen LogP contribution in [0.1, 0.15) is 21.5 Å². The Labute approximate surface area is 132 Å². The first kappa shape index (κ1) is 14.5. The topological polar surface area (TPSA) is 91.8 Å². The maximum Gasteiger partial charge on any atom is 0.322 e. The van der Waals surface area contributed by atoms with E-state index in [1.54, 1.807) is 24.3 Å². The van der Waals surface area contributed by atoms with Crippen LogP contribution in [0.4, 0.5) is 6.01 Å². The zero-order valence-electron chi connectivity index (χ0n) is 12.3. The van der Waals surface area contributed by atoms with Gasteiger partial charge in [-0.3, -0.25) is 10.1 Å². The van der Waals surface area contributed by atoms with E-state index >= 15 is 0 Å². The van der Waals surface area contributed by atoms with Crippen molar-refractivity contribution < 1.29 is 9.21 Å². The predicted molar refractivity (Wildman–Crippen MR) is 83.6 cm³/mol. The lowest BCUT2D eigenvalue weighted by Crippen LogP contribution is -2.11. The molecule has 0 radical (unpaired) electrons. The molecule has 3 aromatic rings.